The average molecular weight is 369 g/mol. The van der Waals surface area contributed by atoms with Gasteiger partial charge in [0.05, 0.1) is 12.2 Å². The van der Waals surface area contributed by atoms with Crippen LogP contribution in [-0.4, -0.2) is 40.4 Å². The summed E-state index contributed by atoms with van der Waals surface area (Å²) in [6.45, 7) is 4.95. The van der Waals surface area contributed by atoms with E-state index < -0.39 is 0 Å². The van der Waals surface area contributed by atoms with Gasteiger partial charge in [0.15, 0.2) is 0 Å². The van der Waals surface area contributed by atoms with Crippen LogP contribution in [0.5, 0.6) is 0 Å². The first-order chi connectivity index (χ1) is 13.1. The van der Waals surface area contributed by atoms with Gasteiger partial charge in [0, 0.05) is 43.7 Å². The zero-order valence-electron chi connectivity index (χ0n) is 15.5. The number of aromatic nitrogens is 2. The molecule has 1 amide bonds. The number of nitrogens with one attached hydrogen (secondary N) is 1. The van der Waals surface area contributed by atoms with Crippen LogP contribution in [0.1, 0.15) is 37.4 Å². The maximum atomic E-state index is 13.6. The maximum absolute atomic E-state index is 13.6. The van der Waals surface area contributed by atoms with Crippen molar-refractivity contribution in [3.8, 4) is 0 Å². The largest absolute Gasteiger partial charge is 0.341 e. The van der Waals surface area contributed by atoms with Crippen LogP contribution in [0.4, 0.5) is 21.8 Å². The Morgan fingerprint density at radius 1 is 1.22 bits per heavy atom. The Labute approximate surface area is 158 Å². The summed E-state index contributed by atoms with van der Waals surface area (Å²) in [6.07, 6.45) is 3.48. The van der Waals surface area contributed by atoms with Crippen LogP contribution in [0.15, 0.2) is 24.3 Å². The quantitative estimate of drug-likeness (QED) is 0.896. The first kappa shape index (κ1) is 17.7. The standard InChI is InChI=1S/C20H24FN5O/c1-2-18(27)26-11-8-17-16(13-26)19(22-15-7-5-6-14(21)12-15)24-20(23-17)25-9-3-4-10-25/h5-7,12H,2-4,8-11,13H2,1H3,(H,22,23,24). The van der Waals surface area contributed by atoms with Gasteiger partial charge in [0.25, 0.3) is 0 Å². The number of hydrogen-bond acceptors (Lipinski definition) is 5. The smallest absolute Gasteiger partial charge is 0.227 e. The van der Waals surface area contributed by atoms with E-state index in [0.717, 1.165) is 43.1 Å². The lowest BCUT2D eigenvalue weighted by molar-refractivity contribution is -0.131. The molecule has 2 aliphatic heterocycles. The van der Waals surface area contributed by atoms with Crippen LogP contribution in [0.25, 0.3) is 0 Å². The highest BCUT2D eigenvalue weighted by Crippen LogP contribution is 2.30. The summed E-state index contributed by atoms with van der Waals surface area (Å²) >= 11 is 0. The summed E-state index contributed by atoms with van der Waals surface area (Å²) in [7, 11) is 0. The van der Waals surface area contributed by atoms with E-state index in [1.807, 2.05) is 17.9 Å². The highest BCUT2D eigenvalue weighted by Gasteiger charge is 2.26. The van der Waals surface area contributed by atoms with E-state index in [9.17, 15) is 9.18 Å². The van der Waals surface area contributed by atoms with Gasteiger partial charge in [-0.3, -0.25) is 4.79 Å². The van der Waals surface area contributed by atoms with Crippen LogP contribution in [0.2, 0.25) is 0 Å². The number of fused-ring (bicyclic) bond motifs is 1. The molecule has 4 rings (SSSR count). The minimum atomic E-state index is -0.300. The number of halogens is 1. The molecule has 1 N–H and O–H groups in total. The Bertz CT molecular complexity index is 850. The predicted molar refractivity (Wildman–Crippen MR) is 103 cm³/mol. The van der Waals surface area contributed by atoms with Crippen molar-refractivity contribution in [2.75, 3.05) is 29.9 Å². The SMILES string of the molecule is CCC(=O)N1CCc2nc(N3CCCC3)nc(Nc3cccc(F)c3)c2C1. The molecule has 1 aromatic heterocycles. The topological polar surface area (TPSA) is 61.4 Å². The normalized spacial score (nSPS) is 16.4. The molecular weight excluding hydrogens is 345 g/mol. The molecule has 7 heteroatoms. The Morgan fingerprint density at radius 3 is 2.78 bits per heavy atom. The number of nitrogens with zero attached hydrogens (tertiary/aromatic N) is 4. The molecule has 0 spiro atoms. The van der Waals surface area contributed by atoms with E-state index in [4.69, 9.17) is 9.97 Å². The van der Waals surface area contributed by atoms with E-state index in [0.29, 0.717) is 37.4 Å². The van der Waals surface area contributed by atoms with E-state index in [1.165, 1.54) is 12.1 Å². The summed E-state index contributed by atoms with van der Waals surface area (Å²) in [5, 5.41) is 3.26. The maximum Gasteiger partial charge on any atom is 0.227 e. The molecule has 0 atom stereocenters. The summed E-state index contributed by atoms with van der Waals surface area (Å²) < 4.78 is 13.6. The van der Waals surface area contributed by atoms with Gasteiger partial charge in [-0.15, -0.1) is 0 Å². The molecular formula is C20H24FN5O. The number of rotatable bonds is 4. The highest BCUT2D eigenvalue weighted by molar-refractivity contribution is 5.76. The number of benzene rings is 1. The minimum Gasteiger partial charge on any atom is -0.341 e. The summed E-state index contributed by atoms with van der Waals surface area (Å²) in [5.41, 5.74) is 2.54. The van der Waals surface area contributed by atoms with Gasteiger partial charge in [-0.05, 0) is 31.0 Å². The molecule has 2 aromatic rings. The number of hydrogen-bond donors (Lipinski definition) is 1. The summed E-state index contributed by atoms with van der Waals surface area (Å²) in [5.74, 6) is 1.22. The lowest BCUT2D eigenvalue weighted by atomic mass is 10.1. The Kier molecular flexibility index (Phi) is 4.92. The van der Waals surface area contributed by atoms with Crippen molar-refractivity contribution in [3.05, 3.63) is 41.3 Å². The molecule has 1 aromatic carbocycles. The fourth-order valence-electron chi connectivity index (χ4n) is 3.70. The Hall–Kier alpha value is -2.70. The first-order valence-electron chi connectivity index (χ1n) is 9.59. The molecule has 0 aliphatic carbocycles. The lowest BCUT2D eigenvalue weighted by Gasteiger charge is -2.30. The second-order valence-electron chi connectivity index (χ2n) is 7.05. The lowest BCUT2D eigenvalue weighted by Crippen LogP contribution is -2.37. The van der Waals surface area contributed by atoms with Gasteiger partial charge >= 0.3 is 0 Å². The first-order valence-corrected chi connectivity index (χ1v) is 9.59. The van der Waals surface area contributed by atoms with Gasteiger partial charge in [0.2, 0.25) is 11.9 Å². The second kappa shape index (κ2) is 7.50. The van der Waals surface area contributed by atoms with Crippen LogP contribution < -0.4 is 10.2 Å². The molecule has 0 bridgehead atoms. The van der Waals surface area contributed by atoms with Crippen molar-refractivity contribution in [2.45, 2.75) is 39.2 Å². The third-order valence-electron chi connectivity index (χ3n) is 5.18. The Morgan fingerprint density at radius 2 is 2.04 bits per heavy atom. The third-order valence-corrected chi connectivity index (χ3v) is 5.18. The van der Waals surface area contributed by atoms with Crippen molar-refractivity contribution in [3.63, 3.8) is 0 Å². The number of anilines is 3. The molecule has 0 radical (unpaired) electrons. The van der Waals surface area contributed by atoms with E-state index >= 15 is 0 Å². The van der Waals surface area contributed by atoms with E-state index in [2.05, 4.69) is 10.2 Å². The van der Waals surface area contributed by atoms with Crippen LogP contribution in [0, 0.1) is 5.82 Å². The predicted octanol–water partition coefficient (Wildman–Crippen LogP) is 3.25. The second-order valence-corrected chi connectivity index (χ2v) is 7.05. The zero-order chi connectivity index (χ0) is 18.8. The van der Waals surface area contributed by atoms with Crippen LogP contribution >= 0.6 is 0 Å². The number of carbonyl (C=O) groups is 1. The fourth-order valence-corrected chi connectivity index (χ4v) is 3.70. The summed E-state index contributed by atoms with van der Waals surface area (Å²) in [6, 6.07) is 6.34. The van der Waals surface area contributed by atoms with Crippen LogP contribution in [0.3, 0.4) is 0 Å². The molecule has 2 aliphatic rings. The fraction of sp³-hybridized carbons (Fsp3) is 0.450. The molecule has 1 saturated heterocycles. The molecule has 1 fully saturated rings. The minimum absolute atomic E-state index is 0.126. The van der Waals surface area contributed by atoms with Crippen molar-refractivity contribution in [1.82, 2.24) is 14.9 Å². The van der Waals surface area contributed by atoms with Gasteiger partial charge in [-0.1, -0.05) is 13.0 Å². The van der Waals surface area contributed by atoms with Gasteiger partial charge in [-0.25, -0.2) is 9.37 Å². The molecule has 6 nitrogen and oxygen atoms in total. The zero-order valence-corrected chi connectivity index (χ0v) is 15.5. The molecule has 0 saturated carbocycles. The van der Waals surface area contributed by atoms with Crippen molar-refractivity contribution in [1.29, 1.82) is 0 Å². The Balaban J connectivity index is 1.71. The molecule has 142 valence electrons. The van der Waals surface area contributed by atoms with Gasteiger partial charge in [0.1, 0.15) is 11.6 Å². The van der Waals surface area contributed by atoms with Gasteiger partial charge in [-0.2, -0.15) is 4.98 Å². The van der Waals surface area contributed by atoms with Crippen molar-refractivity contribution < 1.29 is 9.18 Å². The third kappa shape index (κ3) is 3.72. The molecule has 0 unspecified atom stereocenters. The summed E-state index contributed by atoms with van der Waals surface area (Å²) in [4.78, 5) is 25.8. The number of amides is 1. The number of carbonyl (C=O) groups excluding carboxylic acids is 1. The molecule has 27 heavy (non-hydrogen) atoms. The van der Waals surface area contributed by atoms with E-state index in [-0.39, 0.29) is 11.7 Å². The highest BCUT2D eigenvalue weighted by atomic mass is 19.1. The van der Waals surface area contributed by atoms with E-state index in [1.54, 1.807) is 6.07 Å². The molecule has 3 heterocycles. The average Bonchev–Trinajstić information content (AvgIpc) is 3.22. The van der Waals surface area contributed by atoms with Crippen molar-refractivity contribution >= 4 is 23.4 Å². The van der Waals surface area contributed by atoms with Crippen LogP contribution in [-0.2, 0) is 17.8 Å². The van der Waals surface area contributed by atoms with Gasteiger partial charge < -0.3 is 15.1 Å². The monoisotopic (exact) mass is 369 g/mol. The van der Waals surface area contributed by atoms with Crippen molar-refractivity contribution in [2.24, 2.45) is 0 Å².